The van der Waals surface area contributed by atoms with Crippen molar-refractivity contribution in [2.75, 3.05) is 31.4 Å². The van der Waals surface area contributed by atoms with Crippen molar-refractivity contribution in [2.45, 2.75) is 12.8 Å². The summed E-state index contributed by atoms with van der Waals surface area (Å²) in [4.78, 5) is 28.2. The van der Waals surface area contributed by atoms with Crippen molar-refractivity contribution < 1.29 is 24.2 Å². The number of anilines is 1. The second kappa shape index (κ2) is 13.4. The van der Waals surface area contributed by atoms with Crippen molar-refractivity contribution in [2.24, 2.45) is 22.2 Å². The Balaban J connectivity index is 1.60. The Labute approximate surface area is 229 Å². The summed E-state index contributed by atoms with van der Waals surface area (Å²) in [7, 11) is 0. The fourth-order valence-electron chi connectivity index (χ4n) is 3.47. The Morgan fingerprint density at radius 2 is 1.77 bits per heavy atom. The monoisotopic (exact) mass is 550 g/mol. The molecule has 1 aromatic heterocycles. The summed E-state index contributed by atoms with van der Waals surface area (Å²) in [6.45, 7) is 1.38. The van der Waals surface area contributed by atoms with E-state index in [-0.39, 0.29) is 18.3 Å². The topological polar surface area (TPSA) is 172 Å². The number of amides is 1. The molecule has 39 heavy (non-hydrogen) atoms. The average molecular weight is 551 g/mol. The first-order valence-corrected chi connectivity index (χ1v) is 13.1. The number of phenols is 1. The summed E-state index contributed by atoms with van der Waals surface area (Å²) in [6, 6.07) is 18.8. The van der Waals surface area contributed by atoms with Gasteiger partial charge in [0.25, 0.3) is 5.91 Å². The summed E-state index contributed by atoms with van der Waals surface area (Å²) in [6.07, 6.45) is 1.13. The number of para-hydroxylation sites is 1. The minimum Gasteiger partial charge on any atom is -0.508 e. The molecular weight excluding hydrogens is 520 g/mol. The fourth-order valence-corrected chi connectivity index (χ4v) is 4.42. The molecule has 0 aliphatic rings. The number of hydrogen-bond acceptors (Lipinski definition) is 9. The van der Waals surface area contributed by atoms with Crippen molar-refractivity contribution in [3.63, 3.8) is 0 Å². The lowest BCUT2D eigenvalue weighted by molar-refractivity contribution is 0.0641. The van der Waals surface area contributed by atoms with Gasteiger partial charge in [-0.3, -0.25) is 14.6 Å². The molecule has 0 aliphatic heterocycles. The Bertz CT molecular complexity index is 1420. The van der Waals surface area contributed by atoms with Crippen molar-refractivity contribution in [1.29, 1.82) is 0 Å². The fraction of sp³-hybridized carbons (Fsp3) is 0.222. The molecule has 204 valence electrons. The normalized spacial score (nSPS) is 10.8. The molecule has 0 atom stereocenters. The maximum absolute atomic E-state index is 13.7. The third-order valence-corrected chi connectivity index (χ3v) is 6.31. The molecule has 12 heteroatoms. The number of carbonyl (C=O) groups is 1. The SMILES string of the molecule is NCCCOc1ccccc1C(=O)N(OCCCN=C(N)N)c1nc2ccc(Oc3ccc(O)cc3)cc2s1. The molecule has 0 radical (unpaired) electrons. The van der Waals surface area contributed by atoms with E-state index >= 15 is 0 Å². The number of guanidine groups is 1. The second-order valence-corrected chi connectivity index (χ2v) is 9.31. The maximum atomic E-state index is 13.7. The van der Waals surface area contributed by atoms with Crippen LogP contribution in [0.15, 0.2) is 71.7 Å². The molecule has 4 aromatic rings. The Hall–Kier alpha value is -4.39. The predicted molar refractivity (Wildman–Crippen MR) is 151 cm³/mol. The Morgan fingerprint density at radius 1 is 1.00 bits per heavy atom. The highest BCUT2D eigenvalue weighted by Gasteiger charge is 2.25. The van der Waals surface area contributed by atoms with Gasteiger partial charge in [-0.2, -0.15) is 5.06 Å². The van der Waals surface area contributed by atoms with E-state index < -0.39 is 5.91 Å². The summed E-state index contributed by atoms with van der Waals surface area (Å²) in [5.74, 6) is 1.29. The van der Waals surface area contributed by atoms with Crippen LogP contribution in [0, 0.1) is 0 Å². The van der Waals surface area contributed by atoms with E-state index in [2.05, 4.69) is 9.98 Å². The first-order valence-electron chi connectivity index (χ1n) is 12.3. The zero-order valence-corrected chi connectivity index (χ0v) is 22.0. The average Bonchev–Trinajstić information content (AvgIpc) is 3.35. The highest BCUT2D eigenvalue weighted by Crippen LogP contribution is 2.35. The molecule has 0 spiro atoms. The predicted octanol–water partition coefficient (Wildman–Crippen LogP) is 3.76. The van der Waals surface area contributed by atoms with Gasteiger partial charge < -0.3 is 31.8 Å². The molecular formula is C27H30N6O5S. The zero-order chi connectivity index (χ0) is 27.6. The van der Waals surface area contributed by atoms with Crippen molar-refractivity contribution in [3.05, 3.63) is 72.3 Å². The minimum atomic E-state index is -0.431. The molecule has 0 aliphatic carbocycles. The molecule has 0 fully saturated rings. The highest BCUT2D eigenvalue weighted by molar-refractivity contribution is 7.22. The van der Waals surface area contributed by atoms with Gasteiger partial charge in [-0.1, -0.05) is 23.5 Å². The summed E-state index contributed by atoms with van der Waals surface area (Å²) in [5.41, 5.74) is 17.4. The number of hydroxylamine groups is 1. The van der Waals surface area contributed by atoms with Crippen LogP contribution in [0.1, 0.15) is 23.2 Å². The highest BCUT2D eigenvalue weighted by atomic mass is 32.1. The molecule has 4 rings (SSSR count). The Morgan fingerprint density at radius 3 is 2.54 bits per heavy atom. The molecule has 0 saturated heterocycles. The lowest BCUT2D eigenvalue weighted by atomic mass is 10.2. The van der Waals surface area contributed by atoms with E-state index in [9.17, 15) is 9.90 Å². The van der Waals surface area contributed by atoms with E-state index in [1.54, 1.807) is 60.7 Å². The maximum Gasteiger partial charge on any atom is 0.288 e. The number of hydrogen-bond donors (Lipinski definition) is 4. The van der Waals surface area contributed by atoms with E-state index in [1.807, 2.05) is 6.07 Å². The van der Waals surface area contributed by atoms with Crippen LogP contribution in [0.3, 0.4) is 0 Å². The summed E-state index contributed by atoms with van der Waals surface area (Å²) < 4.78 is 12.5. The molecule has 0 unspecified atom stereocenters. The number of nitrogens with two attached hydrogens (primary N) is 3. The summed E-state index contributed by atoms with van der Waals surface area (Å²) >= 11 is 1.28. The van der Waals surface area contributed by atoms with Gasteiger partial charge in [-0.25, -0.2) is 4.98 Å². The first kappa shape index (κ1) is 27.6. The van der Waals surface area contributed by atoms with Gasteiger partial charge in [0.05, 0.1) is 29.0 Å². The standard InChI is InChI=1S/C27H30N6O5S/c28-13-3-15-36-23-6-2-1-5-21(23)25(35)33(37-16-4-14-31-26(29)30)27-32-22-12-11-20(17-24(22)39-27)38-19-9-7-18(34)8-10-19/h1-2,5-12,17,34H,3-4,13-16,28H2,(H4,29,30,31). The van der Waals surface area contributed by atoms with Gasteiger partial charge in [-0.15, -0.1) is 0 Å². The minimum absolute atomic E-state index is 0.0111. The van der Waals surface area contributed by atoms with Gasteiger partial charge in [-0.05, 0) is 67.9 Å². The van der Waals surface area contributed by atoms with Crippen LogP contribution in [0.4, 0.5) is 5.13 Å². The number of aromatic nitrogens is 1. The first-order chi connectivity index (χ1) is 18.9. The molecule has 3 aromatic carbocycles. The molecule has 1 amide bonds. The van der Waals surface area contributed by atoms with E-state index in [1.165, 1.54) is 16.4 Å². The van der Waals surface area contributed by atoms with Gasteiger partial charge >= 0.3 is 0 Å². The number of carbonyl (C=O) groups excluding carboxylic acids is 1. The Kier molecular flexibility index (Phi) is 9.51. The second-order valence-electron chi connectivity index (χ2n) is 8.30. The lowest BCUT2D eigenvalue weighted by Gasteiger charge is -2.20. The van der Waals surface area contributed by atoms with Crippen molar-refractivity contribution in [1.82, 2.24) is 4.98 Å². The van der Waals surface area contributed by atoms with Gasteiger partial charge in [0.15, 0.2) is 5.96 Å². The number of fused-ring (bicyclic) bond motifs is 1. The van der Waals surface area contributed by atoms with E-state index in [0.29, 0.717) is 66.0 Å². The van der Waals surface area contributed by atoms with Crippen LogP contribution in [0.2, 0.25) is 0 Å². The quantitative estimate of drug-likeness (QED) is 0.0837. The zero-order valence-electron chi connectivity index (χ0n) is 21.2. The van der Waals surface area contributed by atoms with Gasteiger partial charge in [0, 0.05) is 12.6 Å². The molecule has 7 N–H and O–H groups in total. The van der Waals surface area contributed by atoms with E-state index in [4.69, 9.17) is 31.5 Å². The number of ether oxygens (including phenoxy) is 2. The number of aliphatic imine (C=N–C) groups is 1. The molecule has 11 nitrogen and oxygen atoms in total. The van der Waals surface area contributed by atoms with Crippen LogP contribution in [0.25, 0.3) is 10.2 Å². The van der Waals surface area contributed by atoms with E-state index in [0.717, 1.165) is 4.70 Å². The van der Waals surface area contributed by atoms with Crippen LogP contribution in [-0.4, -0.2) is 48.3 Å². The molecule has 0 saturated carbocycles. The van der Waals surface area contributed by atoms with Crippen LogP contribution < -0.4 is 31.7 Å². The smallest absolute Gasteiger partial charge is 0.288 e. The largest absolute Gasteiger partial charge is 0.508 e. The number of phenolic OH excluding ortho intramolecular Hbond substituents is 1. The van der Waals surface area contributed by atoms with Crippen LogP contribution in [0.5, 0.6) is 23.0 Å². The van der Waals surface area contributed by atoms with Crippen LogP contribution >= 0.6 is 11.3 Å². The summed E-state index contributed by atoms with van der Waals surface area (Å²) in [5, 5.41) is 11.0. The molecule has 0 bridgehead atoms. The third kappa shape index (κ3) is 7.57. The lowest BCUT2D eigenvalue weighted by Crippen LogP contribution is -2.32. The van der Waals surface area contributed by atoms with Crippen molar-refractivity contribution >= 4 is 38.6 Å². The molecule has 1 heterocycles. The third-order valence-electron chi connectivity index (χ3n) is 5.32. The van der Waals surface area contributed by atoms with Crippen LogP contribution in [-0.2, 0) is 4.84 Å². The number of thiazole rings is 1. The van der Waals surface area contributed by atoms with Gasteiger partial charge in [0.2, 0.25) is 5.13 Å². The van der Waals surface area contributed by atoms with Crippen molar-refractivity contribution in [3.8, 4) is 23.0 Å². The van der Waals surface area contributed by atoms with Gasteiger partial charge in [0.1, 0.15) is 23.0 Å². The number of benzene rings is 3. The number of nitrogens with zero attached hydrogens (tertiary/aromatic N) is 3. The number of rotatable bonds is 13. The number of aromatic hydroxyl groups is 1.